The molecular weight excluding hydrogens is 426 g/mol. The highest BCUT2D eigenvalue weighted by Gasteiger charge is 2.52. The van der Waals surface area contributed by atoms with E-state index in [1.165, 1.54) is 6.07 Å². The second-order valence-electron chi connectivity index (χ2n) is 11.0. The molecule has 2 aliphatic heterocycles. The Morgan fingerprint density at radius 3 is 2.15 bits per heavy atom. The largest absolute Gasteiger partial charge is 0.494 e. The summed E-state index contributed by atoms with van der Waals surface area (Å²) >= 11 is 0. The van der Waals surface area contributed by atoms with Crippen molar-refractivity contribution in [3.05, 3.63) is 29.1 Å². The number of aryl methyl sites for hydroxylation is 1. The first kappa shape index (κ1) is 25.5. The van der Waals surface area contributed by atoms with E-state index in [9.17, 15) is 9.59 Å². The Kier molecular flexibility index (Phi) is 6.88. The molecule has 0 unspecified atom stereocenters. The third-order valence-corrected chi connectivity index (χ3v) is 6.55. The maximum atomic E-state index is 15.1. The lowest BCUT2D eigenvalue weighted by molar-refractivity contribution is 0.00578. The third kappa shape index (κ3) is 5.69. The number of ether oxygens (including phenoxy) is 1. The van der Waals surface area contributed by atoms with Crippen LogP contribution in [0.1, 0.15) is 77.2 Å². The molecule has 2 aliphatic rings. The van der Waals surface area contributed by atoms with Gasteiger partial charge in [0.1, 0.15) is 11.4 Å². The van der Waals surface area contributed by atoms with Crippen molar-refractivity contribution in [3.8, 4) is 0 Å². The average molecular weight is 462 g/mol. The van der Waals surface area contributed by atoms with Gasteiger partial charge in [-0.15, -0.1) is 0 Å². The van der Waals surface area contributed by atoms with Crippen LogP contribution in [0.2, 0.25) is 0 Å². The van der Waals surface area contributed by atoms with E-state index in [-0.39, 0.29) is 17.5 Å². The van der Waals surface area contributed by atoms with E-state index in [4.69, 9.17) is 14.0 Å². The molecule has 0 aromatic heterocycles. The van der Waals surface area contributed by atoms with Crippen LogP contribution in [0.5, 0.6) is 0 Å². The van der Waals surface area contributed by atoms with Crippen LogP contribution in [0, 0.1) is 12.7 Å². The normalized spacial score (nSPS) is 20.6. The Morgan fingerprint density at radius 2 is 1.67 bits per heavy atom. The number of nitrogens with one attached hydrogen (secondary N) is 1. The first-order chi connectivity index (χ1) is 15.1. The number of benzene rings is 1. The minimum absolute atomic E-state index is 0.0637. The predicted molar refractivity (Wildman–Crippen MR) is 125 cm³/mol. The van der Waals surface area contributed by atoms with Gasteiger partial charge in [-0.3, -0.25) is 4.79 Å². The van der Waals surface area contributed by atoms with Gasteiger partial charge in [-0.1, -0.05) is 6.07 Å². The number of amides is 2. The van der Waals surface area contributed by atoms with E-state index in [0.29, 0.717) is 37.0 Å². The van der Waals surface area contributed by atoms with Crippen molar-refractivity contribution in [2.24, 2.45) is 0 Å². The summed E-state index contributed by atoms with van der Waals surface area (Å²) in [4.78, 5) is 26.7. The SMILES string of the molecule is Cc1cc(B2OC(C)(C)C(C)(C)O2)cc(F)c1C(=O)N1CCC(NC(=O)OC(C)(C)C)CC1. The zero-order valence-corrected chi connectivity index (χ0v) is 21.0. The van der Waals surface area contributed by atoms with Crippen molar-refractivity contribution < 1.29 is 28.0 Å². The minimum atomic E-state index is -0.693. The molecule has 182 valence electrons. The number of likely N-dealkylation sites (tertiary alicyclic amines) is 1. The summed E-state index contributed by atoms with van der Waals surface area (Å²) in [6.45, 7) is 15.8. The fraction of sp³-hybridized carbons (Fsp3) is 0.667. The summed E-state index contributed by atoms with van der Waals surface area (Å²) in [6.07, 6.45) is 0.697. The van der Waals surface area contributed by atoms with Crippen LogP contribution in [0.3, 0.4) is 0 Å². The van der Waals surface area contributed by atoms with Gasteiger partial charge in [-0.2, -0.15) is 0 Å². The Balaban J connectivity index is 1.65. The summed E-state index contributed by atoms with van der Waals surface area (Å²) in [5.74, 6) is -0.931. The van der Waals surface area contributed by atoms with Crippen LogP contribution in [-0.4, -0.2) is 60.0 Å². The highest BCUT2D eigenvalue weighted by molar-refractivity contribution is 6.62. The molecule has 2 fully saturated rings. The molecule has 0 bridgehead atoms. The number of nitrogens with zero attached hydrogens (tertiary/aromatic N) is 1. The molecule has 9 heteroatoms. The van der Waals surface area contributed by atoms with Crippen molar-refractivity contribution >= 4 is 24.6 Å². The smallest absolute Gasteiger partial charge is 0.444 e. The molecule has 0 aliphatic carbocycles. The molecule has 1 N–H and O–H groups in total. The highest BCUT2D eigenvalue weighted by atomic mass is 19.1. The van der Waals surface area contributed by atoms with E-state index >= 15 is 4.39 Å². The fourth-order valence-corrected chi connectivity index (χ4v) is 4.02. The van der Waals surface area contributed by atoms with E-state index in [2.05, 4.69) is 5.32 Å². The molecule has 0 atom stereocenters. The summed E-state index contributed by atoms with van der Waals surface area (Å²) in [6, 6.07) is 3.01. The molecular formula is C24H36BFN2O5. The minimum Gasteiger partial charge on any atom is -0.444 e. The van der Waals surface area contributed by atoms with Crippen molar-refractivity contribution in [3.63, 3.8) is 0 Å². The van der Waals surface area contributed by atoms with Crippen LogP contribution < -0.4 is 10.8 Å². The van der Waals surface area contributed by atoms with Gasteiger partial charge >= 0.3 is 13.2 Å². The van der Waals surface area contributed by atoms with Crippen molar-refractivity contribution in [1.29, 1.82) is 0 Å². The third-order valence-electron chi connectivity index (χ3n) is 6.55. The predicted octanol–water partition coefficient (Wildman–Crippen LogP) is 3.56. The number of carbonyl (C=O) groups excluding carboxylic acids is 2. The lowest BCUT2D eigenvalue weighted by atomic mass is 9.77. The molecule has 1 aromatic rings. The van der Waals surface area contributed by atoms with Gasteiger partial charge in [0, 0.05) is 19.1 Å². The molecule has 0 saturated carbocycles. The molecule has 0 spiro atoms. The zero-order valence-electron chi connectivity index (χ0n) is 21.0. The molecule has 2 amide bonds. The maximum absolute atomic E-state index is 15.1. The number of hydrogen-bond acceptors (Lipinski definition) is 5. The zero-order chi connectivity index (χ0) is 24.8. The standard InChI is InChI=1S/C24H36BFN2O5/c1-15-13-16(25-32-23(5,6)24(7,8)33-25)14-18(26)19(15)20(29)28-11-9-17(10-12-28)27-21(30)31-22(2,3)4/h13-14,17H,9-12H2,1-8H3,(H,27,30). The lowest BCUT2D eigenvalue weighted by Crippen LogP contribution is -2.48. The van der Waals surface area contributed by atoms with Gasteiger partial charge in [0.15, 0.2) is 0 Å². The number of halogens is 1. The van der Waals surface area contributed by atoms with Crippen molar-refractivity contribution in [1.82, 2.24) is 10.2 Å². The van der Waals surface area contributed by atoms with Gasteiger partial charge in [0.05, 0.1) is 16.8 Å². The van der Waals surface area contributed by atoms with Crippen molar-refractivity contribution in [2.75, 3.05) is 13.1 Å². The van der Waals surface area contributed by atoms with E-state index in [1.54, 1.807) is 17.9 Å². The van der Waals surface area contributed by atoms with Gasteiger partial charge in [-0.05, 0) is 85.3 Å². The van der Waals surface area contributed by atoms with Crippen LogP contribution in [0.15, 0.2) is 12.1 Å². The molecule has 2 heterocycles. The van der Waals surface area contributed by atoms with Gasteiger partial charge in [0.25, 0.3) is 5.91 Å². The summed E-state index contributed by atoms with van der Waals surface area (Å²) in [5.41, 5.74) is -0.474. The van der Waals surface area contributed by atoms with E-state index < -0.39 is 35.8 Å². The number of carbonyl (C=O) groups is 2. The molecule has 33 heavy (non-hydrogen) atoms. The summed E-state index contributed by atoms with van der Waals surface area (Å²) in [7, 11) is -0.693. The quantitative estimate of drug-likeness (QED) is 0.696. The molecule has 1 aromatic carbocycles. The monoisotopic (exact) mass is 462 g/mol. The molecule has 0 radical (unpaired) electrons. The van der Waals surface area contributed by atoms with Crippen LogP contribution in [0.4, 0.5) is 9.18 Å². The summed E-state index contributed by atoms with van der Waals surface area (Å²) < 4.78 is 32.5. The Hall–Kier alpha value is -2.13. The number of alkyl carbamates (subject to hydrolysis) is 1. The number of piperidine rings is 1. The molecule has 2 saturated heterocycles. The Bertz CT molecular complexity index is 881. The second-order valence-corrected chi connectivity index (χ2v) is 11.0. The average Bonchev–Trinajstić information content (AvgIpc) is 2.87. The van der Waals surface area contributed by atoms with Gasteiger partial charge in [0.2, 0.25) is 0 Å². The topological polar surface area (TPSA) is 77.1 Å². The maximum Gasteiger partial charge on any atom is 0.494 e. The van der Waals surface area contributed by atoms with E-state index in [0.717, 1.165) is 0 Å². The fourth-order valence-electron chi connectivity index (χ4n) is 4.02. The highest BCUT2D eigenvalue weighted by Crippen LogP contribution is 2.36. The second kappa shape index (κ2) is 8.91. The molecule has 3 rings (SSSR count). The number of rotatable bonds is 3. The van der Waals surface area contributed by atoms with Crippen LogP contribution in [0.25, 0.3) is 0 Å². The van der Waals surface area contributed by atoms with Crippen molar-refractivity contribution in [2.45, 2.75) is 91.1 Å². The molecule has 7 nitrogen and oxygen atoms in total. The summed E-state index contributed by atoms with van der Waals surface area (Å²) in [5, 5.41) is 2.85. The first-order valence-corrected chi connectivity index (χ1v) is 11.5. The Morgan fingerprint density at radius 1 is 1.12 bits per heavy atom. The van der Waals surface area contributed by atoms with E-state index in [1.807, 2.05) is 48.5 Å². The van der Waals surface area contributed by atoms with Crippen LogP contribution in [-0.2, 0) is 14.0 Å². The Labute approximate surface area is 196 Å². The van der Waals surface area contributed by atoms with Gasteiger partial charge < -0.3 is 24.3 Å². The van der Waals surface area contributed by atoms with Gasteiger partial charge in [-0.25, -0.2) is 9.18 Å². The first-order valence-electron chi connectivity index (χ1n) is 11.5. The lowest BCUT2D eigenvalue weighted by Gasteiger charge is -2.33. The van der Waals surface area contributed by atoms with Crippen LogP contribution >= 0.6 is 0 Å². The number of hydrogen-bond donors (Lipinski definition) is 1.